The van der Waals surface area contributed by atoms with Crippen molar-refractivity contribution in [3.05, 3.63) is 23.9 Å². The third kappa shape index (κ3) is 3.98. The van der Waals surface area contributed by atoms with Crippen LogP contribution in [-0.2, 0) is 0 Å². The Hall–Kier alpha value is -1.09. The molecule has 1 N–H and O–H groups in total. The van der Waals surface area contributed by atoms with E-state index in [9.17, 15) is 0 Å². The highest BCUT2D eigenvalue weighted by molar-refractivity contribution is 5.29. The van der Waals surface area contributed by atoms with Crippen molar-refractivity contribution in [1.29, 1.82) is 0 Å². The number of hydrogen-bond donors (Lipinski definition) is 1. The normalized spacial score (nSPS) is 14.2. The van der Waals surface area contributed by atoms with Crippen LogP contribution in [0.2, 0.25) is 0 Å². The van der Waals surface area contributed by atoms with Gasteiger partial charge in [0.1, 0.15) is 0 Å². The molecule has 0 aromatic carbocycles. The lowest BCUT2D eigenvalue weighted by Crippen LogP contribution is -2.28. The van der Waals surface area contributed by atoms with E-state index in [0.717, 1.165) is 18.8 Å². The summed E-state index contributed by atoms with van der Waals surface area (Å²) < 4.78 is 5.38. The fourth-order valence-corrected chi connectivity index (χ4v) is 2.35. The predicted octanol–water partition coefficient (Wildman–Crippen LogP) is 3.57. The average Bonchev–Trinajstić information content (AvgIpc) is 2.40. The molecule has 2 unspecified atom stereocenters. The fraction of sp³-hybridized carbons (Fsp3) is 0.667. The second kappa shape index (κ2) is 8.09. The number of methoxy groups -OCH3 is 1. The van der Waals surface area contributed by atoms with Crippen molar-refractivity contribution in [2.24, 2.45) is 5.92 Å². The molecule has 0 aliphatic rings. The van der Waals surface area contributed by atoms with Gasteiger partial charge in [-0.1, -0.05) is 33.3 Å². The molecule has 0 spiro atoms. The van der Waals surface area contributed by atoms with E-state index >= 15 is 0 Å². The minimum absolute atomic E-state index is 0.327. The van der Waals surface area contributed by atoms with Crippen LogP contribution in [-0.4, -0.2) is 18.6 Å². The zero-order valence-corrected chi connectivity index (χ0v) is 12.1. The van der Waals surface area contributed by atoms with Crippen molar-refractivity contribution in [2.45, 2.75) is 46.1 Å². The summed E-state index contributed by atoms with van der Waals surface area (Å²) in [5.41, 5.74) is 1.18. The van der Waals surface area contributed by atoms with Gasteiger partial charge in [-0.25, -0.2) is 4.98 Å². The van der Waals surface area contributed by atoms with Gasteiger partial charge in [-0.15, -0.1) is 0 Å². The molecule has 2 atom stereocenters. The zero-order valence-electron chi connectivity index (χ0n) is 12.1. The average molecular weight is 250 g/mol. The Bertz CT molecular complexity index is 341. The van der Waals surface area contributed by atoms with E-state index < -0.39 is 0 Å². The van der Waals surface area contributed by atoms with Crippen LogP contribution in [0.3, 0.4) is 0 Å². The number of pyridine rings is 1. The van der Waals surface area contributed by atoms with Crippen LogP contribution in [0.15, 0.2) is 18.3 Å². The lowest BCUT2D eigenvalue weighted by molar-refractivity contribution is 0.336. The van der Waals surface area contributed by atoms with Gasteiger partial charge < -0.3 is 10.1 Å². The van der Waals surface area contributed by atoms with Crippen LogP contribution >= 0.6 is 0 Å². The van der Waals surface area contributed by atoms with Crippen LogP contribution in [0.25, 0.3) is 0 Å². The fourth-order valence-electron chi connectivity index (χ4n) is 2.35. The van der Waals surface area contributed by atoms with Crippen LogP contribution in [0.4, 0.5) is 0 Å². The predicted molar refractivity (Wildman–Crippen MR) is 75.9 cm³/mol. The van der Waals surface area contributed by atoms with E-state index in [1.165, 1.54) is 18.4 Å². The van der Waals surface area contributed by atoms with Gasteiger partial charge in [0.15, 0.2) is 0 Å². The molecule has 0 amide bonds. The van der Waals surface area contributed by atoms with Crippen LogP contribution in [0.5, 0.6) is 5.88 Å². The van der Waals surface area contributed by atoms with Crippen LogP contribution in [0.1, 0.15) is 51.6 Å². The molecule has 0 fully saturated rings. The van der Waals surface area contributed by atoms with Crippen molar-refractivity contribution >= 4 is 0 Å². The molecule has 0 saturated heterocycles. The first-order chi connectivity index (χ1) is 8.74. The summed E-state index contributed by atoms with van der Waals surface area (Å²) in [6.07, 6.45) is 5.33. The number of rotatable bonds is 8. The lowest BCUT2D eigenvalue weighted by Gasteiger charge is -2.26. The van der Waals surface area contributed by atoms with E-state index in [-0.39, 0.29) is 0 Å². The standard InChI is InChI=1S/C15H26N2O/c1-5-8-12(3)14(16-10-6-2)13-9-7-11-17-15(13)18-4/h7,9,11-12,14,16H,5-6,8,10H2,1-4H3. The van der Waals surface area contributed by atoms with Crippen molar-refractivity contribution < 1.29 is 4.74 Å². The smallest absolute Gasteiger partial charge is 0.217 e. The molecule has 18 heavy (non-hydrogen) atoms. The van der Waals surface area contributed by atoms with Crippen LogP contribution < -0.4 is 10.1 Å². The molecule has 1 aromatic rings. The number of nitrogens with zero attached hydrogens (tertiary/aromatic N) is 1. The lowest BCUT2D eigenvalue weighted by atomic mass is 9.91. The second-order valence-electron chi connectivity index (χ2n) is 4.80. The number of aromatic nitrogens is 1. The number of nitrogens with one attached hydrogen (secondary N) is 1. The quantitative estimate of drug-likeness (QED) is 0.766. The van der Waals surface area contributed by atoms with Gasteiger partial charge in [-0.05, 0) is 31.4 Å². The Labute approximate surface area is 111 Å². The van der Waals surface area contributed by atoms with Gasteiger partial charge in [0, 0.05) is 17.8 Å². The first kappa shape index (κ1) is 15.0. The summed E-state index contributed by atoms with van der Waals surface area (Å²) in [6.45, 7) is 7.74. The molecule has 3 heteroatoms. The van der Waals surface area contributed by atoms with Crippen molar-refractivity contribution in [1.82, 2.24) is 10.3 Å². The van der Waals surface area contributed by atoms with E-state index in [1.807, 2.05) is 6.07 Å². The number of ether oxygens (including phenoxy) is 1. The molecule has 0 aliphatic heterocycles. The highest BCUT2D eigenvalue weighted by Crippen LogP contribution is 2.30. The van der Waals surface area contributed by atoms with Gasteiger partial charge in [0.2, 0.25) is 5.88 Å². The summed E-state index contributed by atoms with van der Waals surface area (Å²) in [5.74, 6) is 1.33. The molecule has 102 valence electrons. The first-order valence-electron chi connectivity index (χ1n) is 6.96. The molecule has 0 radical (unpaired) electrons. The molecular formula is C15H26N2O. The van der Waals surface area contributed by atoms with Gasteiger partial charge in [0.05, 0.1) is 7.11 Å². The second-order valence-corrected chi connectivity index (χ2v) is 4.80. The maximum absolute atomic E-state index is 5.38. The molecule has 1 aromatic heterocycles. The minimum Gasteiger partial charge on any atom is -0.481 e. The third-order valence-corrected chi connectivity index (χ3v) is 3.26. The highest BCUT2D eigenvalue weighted by Gasteiger charge is 2.21. The SMILES string of the molecule is CCCNC(c1cccnc1OC)C(C)CCC. The molecule has 3 nitrogen and oxygen atoms in total. The van der Waals surface area contributed by atoms with E-state index in [0.29, 0.717) is 12.0 Å². The number of hydrogen-bond acceptors (Lipinski definition) is 3. The molecule has 0 bridgehead atoms. The summed E-state index contributed by atoms with van der Waals surface area (Å²) in [4.78, 5) is 4.31. The van der Waals surface area contributed by atoms with E-state index in [4.69, 9.17) is 4.74 Å². The minimum atomic E-state index is 0.327. The van der Waals surface area contributed by atoms with E-state index in [2.05, 4.69) is 37.1 Å². The molecular weight excluding hydrogens is 224 g/mol. The van der Waals surface area contributed by atoms with Gasteiger partial charge in [-0.2, -0.15) is 0 Å². The highest BCUT2D eigenvalue weighted by atomic mass is 16.5. The van der Waals surface area contributed by atoms with Crippen LogP contribution in [0, 0.1) is 5.92 Å². The Morgan fingerprint density at radius 1 is 1.33 bits per heavy atom. The Morgan fingerprint density at radius 3 is 2.72 bits per heavy atom. The zero-order chi connectivity index (χ0) is 13.4. The van der Waals surface area contributed by atoms with Crippen molar-refractivity contribution in [3.63, 3.8) is 0 Å². The monoisotopic (exact) mass is 250 g/mol. The third-order valence-electron chi connectivity index (χ3n) is 3.26. The first-order valence-corrected chi connectivity index (χ1v) is 6.96. The van der Waals surface area contributed by atoms with Crippen molar-refractivity contribution in [2.75, 3.05) is 13.7 Å². The summed E-state index contributed by atoms with van der Waals surface area (Å²) in [6, 6.07) is 4.43. The van der Waals surface area contributed by atoms with Gasteiger partial charge in [0.25, 0.3) is 0 Å². The van der Waals surface area contributed by atoms with Gasteiger partial charge in [-0.3, -0.25) is 0 Å². The summed E-state index contributed by atoms with van der Waals surface area (Å²) >= 11 is 0. The molecule has 1 rings (SSSR count). The Morgan fingerprint density at radius 2 is 2.11 bits per heavy atom. The van der Waals surface area contributed by atoms with E-state index in [1.54, 1.807) is 13.3 Å². The summed E-state index contributed by atoms with van der Waals surface area (Å²) in [5, 5.41) is 3.62. The maximum Gasteiger partial charge on any atom is 0.217 e. The topological polar surface area (TPSA) is 34.2 Å². The molecule has 0 saturated carbocycles. The summed E-state index contributed by atoms with van der Waals surface area (Å²) in [7, 11) is 1.69. The van der Waals surface area contributed by atoms with Gasteiger partial charge >= 0.3 is 0 Å². The van der Waals surface area contributed by atoms with Crippen molar-refractivity contribution in [3.8, 4) is 5.88 Å². The maximum atomic E-state index is 5.38. The Kier molecular flexibility index (Phi) is 6.73. The Balaban J connectivity index is 2.92. The molecule has 0 aliphatic carbocycles. The largest absolute Gasteiger partial charge is 0.481 e. The molecule has 1 heterocycles.